The van der Waals surface area contributed by atoms with Crippen LogP contribution in [0.25, 0.3) is 0 Å². The van der Waals surface area contributed by atoms with Gasteiger partial charge in [-0.2, -0.15) is 5.10 Å². The molecule has 0 spiro atoms. The minimum absolute atomic E-state index is 0. The fourth-order valence-electron chi connectivity index (χ4n) is 3.26. The SMILES string of the molecule is COc1ccc(CCNC(=O)[C@H]2CNC[C@@H]2c2cnn(C)c2)cc1F.Cl. The summed E-state index contributed by atoms with van der Waals surface area (Å²) >= 11 is 0. The first-order valence-electron chi connectivity index (χ1n) is 8.38. The number of benzene rings is 1. The van der Waals surface area contributed by atoms with Crippen LogP contribution in [0.15, 0.2) is 30.6 Å². The normalized spacial score (nSPS) is 19.0. The predicted molar refractivity (Wildman–Crippen MR) is 99.2 cm³/mol. The molecule has 1 aromatic carbocycles. The number of aryl methyl sites for hydroxylation is 1. The zero-order valence-corrected chi connectivity index (χ0v) is 15.7. The zero-order chi connectivity index (χ0) is 17.8. The number of carbonyl (C=O) groups is 1. The van der Waals surface area contributed by atoms with E-state index in [4.69, 9.17) is 4.74 Å². The minimum Gasteiger partial charge on any atom is -0.494 e. The van der Waals surface area contributed by atoms with Gasteiger partial charge in [-0.05, 0) is 29.7 Å². The molecule has 1 aliphatic rings. The van der Waals surface area contributed by atoms with Crippen molar-refractivity contribution in [3.05, 3.63) is 47.5 Å². The van der Waals surface area contributed by atoms with Gasteiger partial charge in [0.1, 0.15) is 0 Å². The minimum atomic E-state index is -0.386. The number of methoxy groups -OCH3 is 1. The van der Waals surface area contributed by atoms with Gasteiger partial charge < -0.3 is 15.4 Å². The maximum atomic E-state index is 13.7. The highest BCUT2D eigenvalue weighted by atomic mass is 35.5. The molecule has 3 rings (SSSR count). The molecule has 2 aromatic rings. The average Bonchev–Trinajstić information content (AvgIpc) is 3.23. The fourth-order valence-corrected chi connectivity index (χ4v) is 3.26. The Bertz CT molecular complexity index is 753. The average molecular weight is 383 g/mol. The molecule has 0 radical (unpaired) electrons. The molecule has 0 bridgehead atoms. The number of halogens is 2. The van der Waals surface area contributed by atoms with E-state index in [0.717, 1.165) is 17.7 Å². The van der Waals surface area contributed by atoms with Crippen LogP contribution in [0.2, 0.25) is 0 Å². The molecule has 1 saturated heterocycles. The summed E-state index contributed by atoms with van der Waals surface area (Å²) in [4.78, 5) is 12.5. The zero-order valence-electron chi connectivity index (χ0n) is 14.9. The maximum absolute atomic E-state index is 13.7. The van der Waals surface area contributed by atoms with Crippen LogP contribution in [-0.2, 0) is 18.3 Å². The van der Waals surface area contributed by atoms with Gasteiger partial charge in [-0.15, -0.1) is 12.4 Å². The molecule has 142 valence electrons. The summed E-state index contributed by atoms with van der Waals surface area (Å²) in [6.07, 6.45) is 4.35. The Balaban J connectivity index is 0.00000243. The van der Waals surface area contributed by atoms with Crippen molar-refractivity contribution >= 4 is 18.3 Å². The van der Waals surface area contributed by atoms with E-state index in [1.807, 2.05) is 25.5 Å². The van der Waals surface area contributed by atoms with Gasteiger partial charge in [0, 0.05) is 38.8 Å². The molecule has 1 amide bonds. The molecule has 2 N–H and O–H groups in total. The second kappa shape index (κ2) is 9.00. The van der Waals surface area contributed by atoms with E-state index in [0.29, 0.717) is 19.5 Å². The predicted octanol–water partition coefficient (Wildman–Crippen LogP) is 1.65. The molecule has 0 unspecified atom stereocenters. The van der Waals surface area contributed by atoms with Crippen molar-refractivity contribution in [3.63, 3.8) is 0 Å². The monoisotopic (exact) mass is 382 g/mol. The van der Waals surface area contributed by atoms with E-state index in [9.17, 15) is 9.18 Å². The summed E-state index contributed by atoms with van der Waals surface area (Å²) < 4.78 is 20.4. The van der Waals surface area contributed by atoms with Crippen LogP contribution in [0.1, 0.15) is 17.0 Å². The van der Waals surface area contributed by atoms with Crippen LogP contribution in [0.3, 0.4) is 0 Å². The van der Waals surface area contributed by atoms with E-state index < -0.39 is 0 Å². The fraction of sp³-hybridized carbons (Fsp3) is 0.444. The second-order valence-electron chi connectivity index (χ2n) is 6.33. The lowest BCUT2D eigenvalue weighted by molar-refractivity contribution is -0.124. The summed E-state index contributed by atoms with van der Waals surface area (Å²) in [5.74, 6) is -0.121. The molecule has 0 saturated carbocycles. The van der Waals surface area contributed by atoms with Gasteiger partial charge in [-0.3, -0.25) is 9.48 Å². The Hall–Kier alpha value is -2.12. The van der Waals surface area contributed by atoms with E-state index in [1.54, 1.807) is 10.7 Å². The van der Waals surface area contributed by atoms with Gasteiger partial charge >= 0.3 is 0 Å². The highest BCUT2D eigenvalue weighted by Gasteiger charge is 2.34. The van der Waals surface area contributed by atoms with Crippen LogP contribution in [0.5, 0.6) is 5.75 Å². The molecule has 2 heterocycles. The van der Waals surface area contributed by atoms with Crippen LogP contribution in [-0.4, -0.2) is 42.4 Å². The van der Waals surface area contributed by atoms with Crippen molar-refractivity contribution in [2.75, 3.05) is 26.7 Å². The van der Waals surface area contributed by atoms with Crippen molar-refractivity contribution in [1.82, 2.24) is 20.4 Å². The lowest BCUT2D eigenvalue weighted by Gasteiger charge is -2.17. The lowest BCUT2D eigenvalue weighted by atomic mass is 9.90. The van der Waals surface area contributed by atoms with Crippen LogP contribution in [0.4, 0.5) is 4.39 Å². The third-order valence-electron chi connectivity index (χ3n) is 4.63. The Labute approximate surface area is 158 Å². The maximum Gasteiger partial charge on any atom is 0.225 e. The van der Waals surface area contributed by atoms with E-state index >= 15 is 0 Å². The Morgan fingerprint density at radius 1 is 1.46 bits per heavy atom. The molecule has 2 atom stereocenters. The van der Waals surface area contributed by atoms with E-state index in [-0.39, 0.29) is 41.7 Å². The summed E-state index contributed by atoms with van der Waals surface area (Å²) in [5.41, 5.74) is 1.90. The molecule has 6 nitrogen and oxygen atoms in total. The van der Waals surface area contributed by atoms with Crippen LogP contribution >= 0.6 is 12.4 Å². The van der Waals surface area contributed by atoms with Crippen molar-refractivity contribution in [3.8, 4) is 5.75 Å². The van der Waals surface area contributed by atoms with Gasteiger partial charge in [-0.25, -0.2) is 4.39 Å². The van der Waals surface area contributed by atoms with Gasteiger partial charge in [0.2, 0.25) is 5.91 Å². The molecule has 1 aromatic heterocycles. The number of carbonyl (C=O) groups excluding carboxylic acids is 1. The number of hydrogen-bond donors (Lipinski definition) is 2. The molecule has 1 fully saturated rings. The van der Waals surface area contributed by atoms with Gasteiger partial charge in [-0.1, -0.05) is 6.07 Å². The van der Waals surface area contributed by atoms with Crippen molar-refractivity contribution in [1.29, 1.82) is 0 Å². The van der Waals surface area contributed by atoms with Gasteiger partial charge in [0.05, 0.1) is 19.2 Å². The van der Waals surface area contributed by atoms with Gasteiger partial charge in [0.25, 0.3) is 0 Å². The Morgan fingerprint density at radius 2 is 2.27 bits per heavy atom. The molecule has 26 heavy (non-hydrogen) atoms. The number of ether oxygens (including phenoxy) is 1. The van der Waals surface area contributed by atoms with Crippen LogP contribution in [0, 0.1) is 11.7 Å². The van der Waals surface area contributed by atoms with E-state index in [1.165, 1.54) is 13.2 Å². The molecule has 1 aliphatic heterocycles. The van der Waals surface area contributed by atoms with Crippen LogP contribution < -0.4 is 15.4 Å². The molecular formula is C18H24ClFN4O2. The van der Waals surface area contributed by atoms with Gasteiger partial charge in [0.15, 0.2) is 11.6 Å². The molecular weight excluding hydrogens is 359 g/mol. The highest BCUT2D eigenvalue weighted by molar-refractivity contribution is 5.85. The van der Waals surface area contributed by atoms with Crippen molar-refractivity contribution in [2.45, 2.75) is 12.3 Å². The number of hydrogen-bond acceptors (Lipinski definition) is 4. The number of rotatable bonds is 6. The first-order valence-corrected chi connectivity index (χ1v) is 8.38. The summed E-state index contributed by atoms with van der Waals surface area (Å²) in [6, 6.07) is 4.86. The quantitative estimate of drug-likeness (QED) is 0.797. The van der Waals surface area contributed by atoms with Crippen molar-refractivity contribution < 1.29 is 13.9 Å². The highest BCUT2D eigenvalue weighted by Crippen LogP contribution is 2.27. The van der Waals surface area contributed by atoms with E-state index in [2.05, 4.69) is 15.7 Å². The summed E-state index contributed by atoms with van der Waals surface area (Å²) in [6.45, 7) is 1.90. The van der Waals surface area contributed by atoms with Crippen molar-refractivity contribution in [2.24, 2.45) is 13.0 Å². The lowest BCUT2D eigenvalue weighted by Crippen LogP contribution is -2.35. The smallest absolute Gasteiger partial charge is 0.225 e. The summed E-state index contributed by atoms with van der Waals surface area (Å²) in [7, 11) is 3.31. The third kappa shape index (κ3) is 4.53. The number of nitrogens with one attached hydrogen (secondary N) is 2. The first-order chi connectivity index (χ1) is 12.1. The topological polar surface area (TPSA) is 68.2 Å². The first kappa shape index (κ1) is 20.2. The third-order valence-corrected chi connectivity index (χ3v) is 4.63. The number of aromatic nitrogens is 2. The molecule has 8 heteroatoms. The molecule has 0 aliphatic carbocycles. The Kier molecular flexibility index (Phi) is 6.99. The Morgan fingerprint density at radius 3 is 2.92 bits per heavy atom. The summed E-state index contributed by atoms with van der Waals surface area (Å²) in [5, 5.41) is 10.4. The number of nitrogens with zero attached hydrogens (tertiary/aromatic N) is 2. The second-order valence-corrected chi connectivity index (χ2v) is 6.33. The largest absolute Gasteiger partial charge is 0.494 e. The number of amides is 1. The standard InChI is InChI=1S/C18H23FN4O2.ClH/c1-23-11-13(8-22-23)14-9-20-10-15(14)18(24)21-6-5-12-3-4-17(25-2)16(19)7-12;/h3-4,7-8,11,14-15,20H,5-6,9-10H2,1-2H3,(H,21,24);1H/t14-,15+;/m1./s1.